The van der Waals surface area contributed by atoms with Crippen LogP contribution in [0, 0.1) is 7.14 Å². The van der Waals surface area contributed by atoms with Crippen LogP contribution in [-0.4, -0.2) is 22.2 Å². The molecule has 0 spiro atoms. The van der Waals surface area contributed by atoms with Crippen LogP contribution in [0.5, 0.6) is 0 Å². The summed E-state index contributed by atoms with van der Waals surface area (Å²) in [6, 6.07) is 10.5. The van der Waals surface area contributed by atoms with Gasteiger partial charge in [-0.2, -0.15) is 0 Å². The average Bonchev–Trinajstić information content (AvgIpc) is 2.42. The van der Waals surface area contributed by atoms with Crippen molar-refractivity contribution < 1.29 is 19.8 Å². The lowest BCUT2D eigenvalue weighted by molar-refractivity contribution is 0.0685. The van der Waals surface area contributed by atoms with E-state index in [0.29, 0.717) is 13.6 Å². The highest BCUT2D eigenvalue weighted by molar-refractivity contribution is 14.1. The summed E-state index contributed by atoms with van der Waals surface area (Å²) in [4.78, 5) is 22.3. The van der Waals surface area contributed by atoms with Gasteiger partial charge in [0.25, 0.3) is 0 Å². The fourth-order valence-electron chi connectivity index (χ4n) is 1.93. The van der Waals surface area contributed by atoms with E-state index in [1.165, 1.54) is 0 Å². The first-order chi connectivity index (χ1) is 9.88. The summed E-state index contributed by atoms with van der Waals surface area (Å²) in [5.74, 6) is -1.93. The molecule has 108 valence electrons. The van der Waals surface area contributed by atoms with E-state index in [4.69, 9.17) is 10.2 Å². The lowest BCUT2D eigenvalue weighted by Gasteiger charge is -2.07. The zero-order valence-electron chi connectivity index (χ0n) is 10.6. The summed E-state index contributed by atoms with van der Waals surface area (Å²) in [5.41, 5.74) is 2.20. The first-order valence-electron chi connectivity index (χ1n) is 5.92. The second kappa shape index (κ2) is 6.73. The highest BCUT2D eigenvalue weighted by atomic mass is 127. The summed E-state index contributed by atoms with van der Waals surface area (Å²) in [5, 5.41) is 18.3. The molecule has 0 saturated heterocycles. The van der Waals surface area contributed by atoms with Crippen LogP contribution in [0.25, 0.3) is 0 Å². The molecule has 0 atom stereocenters. The third-order valence-electron chi connectivity index (χ3n) is 2.93. The summed E-state index contributed by atoms with van der Waals surface area (Å²) < 4.78 is 1.36. The van der Waals surface area contributed by atoms with Gasteiger partial charge in [0.2, 0.25) is 0 Å². The number of hydrogen-bond acceptors (Lipinski definition) is 2. The topological polar surface area (TPSA) is 74.6 Å². The molecule has 2 aromatic carbocycles. The van der Waals surface area contributed by atoms with E-state index >= 15 is 0 Å². The molecule has 2 N–H and O–H groups in total. The van der Waals surface area contributed by atoms with Crippen molar-refractivity contribution in [2.45, 2.75) is 6.42 Å². The SMILES string of the molecule is O=C(O)c1cc(Cc2ccc(I)c(C(=O)O)c2)ccc1I. The molecule has 0 aliphatic carbocycles. The predicted octanol–water partition coefficient (Wildman–Crippen LogP) is 3.88. The Labute approximate surface area is 148 Å². The van der Waals surface area contributed by atoms with Crippen LogP contribution in [0.2, 0.25) is 0 Å². The van der Waals surface area contributed by atoms with Crippen LogP contribution >= 0.6 is 45.2 Å². The van der Waals surface area contributed by atoms with Gasteiger partial charge in [0, 0.05) is 7.14 Å². The fourth-order valence-corrected chi connectivity index (χ4v) is 3.06. The monoisotopic (exact) mass is 508 g/mol. The maximum atomic E-state index is 11.1. The van der Waals surface area contributed by atoms with Gasteiger partial charge in [-0.3, -0.25) is 0 Å². The van der Waals surface area contributed by atoms with Crippen molar-refractivity contribution in [3.63, 3.8) is 0 Å². The highest BCUT2D eigenvalue weighted by Gasteiger charge is 2.11. The van der Waals surface area contributed by atoms with Crippen LogP contribution in [0.15, 0.2) is 36.4 Å². The van der Waals surface area contributed by atoms with E-state index in [1.54, 1.807) is 24.3 Å². The Morgan fingerprint density at radius 2 is 1.19 bits per heavy atom. The van der Waals surface area contributed by atoms with Crippen LogP contribution < -0.4 is 0 Å². The number of benzene rings is 2. The summed E-state index contributed by atoms with van der Waals surface area (Å²) in [7, 11) is 0. The van der Waals surface area contributed by atoms with Crippen LogP contribution in [0.1, 0.15) is 31.8 Å². The molecule has 0 unspecified atom stereocenters. The number of rotatable bonds is 4. The van der Waals surface area contributed by atoms with Crippen LogP contribution in [-0.2, 0) is 6.42 Å². The van der Waals surface area contributed by atoms with Crippen molar-refractivity contribution in [2.24, 2.45) is 0 Å². The van der Waals surface area contributed by atoms with Crippen molar-refractivity contribution in [1.29, 1.82) is 0 Å². The zero-order chi connectivity index (χ0) is 15.6. The minimum atomic E-state index is -0.963. The van der Waals surface area contributed by atoms with E-state index in [1.807, 2.05) is 57.3 Å². The van der Waals surface area contributed by atoms with Gasteiger partial charge in [-0.25, -0.2) is 9.59 Å². The molecule has 0 aliphatic heterocycles. The minimum absolute atomic E-state index is 0.261. The second-order valence-corrected chi connectivity index (χ2v) is 6.74. The maximum Gasteiger partial charge on any atom is 0.336 e. The van der Waals surface area contributed by atoms with Crippen molar-refractivity contribution in [1.82, 2.24) is 0 Å². The van der Waals surface area contributed by atoms with Gasteiger partial charge in [-0.05, 0) is 87.0 Å². The molecule has 0 saturated carbocycles. The first-order valence-corrected chi connectivity index (χ1v) is 8.07. The number of hydrogen-bond donors (Lipinski definition) is 2. The Kier molecular flexibility index (Phi) is 5.20. The zero-order valence-corrected chi connectivity index (χ0v) is 15.0. The molecular weight excluding hydrogens is 498 g/mol. The summed E-state index contributed by atoms with van der Waals surface area (Å²) in [6.07, 6.45) is 0.494. The maximum absolute atomic E-state index is 11.1. The fraction of sp³-hybridized carbons (Fsp3) is 0.0667. The van der Waals surface area contributed by atoms with Gasteiger partial charge in [0.15, 0.2) is 0 Å². The number of carboxylic acids is 2. The molecular formula is C15H10I2O4. The minimum Gasteiger partial charge on any atom is -0.478 e. The quantitative estimate of drug-likeness (QED) is 0.616. The van der Waals surface area contributed by atoms with Gasteiger partial charge in [-0.1, -0.05) is 12.1 Å². The largest absolute Gasteiger partial charge is 0.478 e. The lowest BCUT2D eigenvalue weighted by atomic mass is 10.0. The molecule has 2 rings (SSSR count). The molecule has 0 fully saturated rings. The standard InChI is InChI=1S/C15H10I2O4/c16-12-3-1-8(6-10(12)14(18)19)5-9-2-4-13(17)11(7-9)15(20)21/h1-4,6-7H,5H2,(H,18,19)(H,20,21). The first kappa shape index (κ1) is 16.2. The van der Waals surface area contributed by atoms with Crippen molar-refractivity contribution in [3.8, 4) is 0 Å². The van der Waals surface area contributed by atoms with Crippen molar-refractivity contribution in [3.05, 3.63) is 65.8 Å². The van der Waals surface area contributed by atoms with Gasteiger partial charge in [-0.15, -0.1) is 0 Å². The molecule has 6 heteroatoms. The smallest absolute Gasteiger partial charge is 0.336 e. The van der Waals surface area contributed by atoms with Crippen molar-refractivity contribution in [2.75, 3.05) is 0 Å². The van der Waals surface area contributed by atoms with Gasteiger partial charge in [0.05, 0.1) is 11.1 Å². The number of aromatic carboxylic acids is 2. The average molecular weight is 508 g/mol. The molecule has 0 heterocycles. The molecule has 0 aliphatic rings. The Morgan fingerprint density at radius 3 is 1.52 bits per heavy atom. The third-order valence-corrected chi connectivity index (χ3v) is 4.81. The normalized spacial score (nSPS) is 10.4. The number of halogens is 2. The number of carbonyl (C=O) groups is 2. The van der Waals surface area contributed by atoms with E-state index < -0.39 is 11.9 Å². The Balaban J connectivity index is 2.34. The molecule has 0 amide bonds. The van der Waals surface area contributed by atoms with Gasteiger partial charge >= 0.3 is 11.9 Å². The van der Waals surface area contributed by atoms with Crippen LogP contribution in [0.4, 0.5) is 0 Å². The number of carboxylic acid groups (broad SMARTS) is 2. The summed E-state index contributed by atoms with van der Waals surface area (Å²) >= 11 is 3.96. The molecule has 4 nitrogen and oxygen atoms in total. The Hall–Kier alpha value is -1.16. The van der Waals surface area contributed by atoms with Crippen LogP contribution in [0.3, 0.4) is 0 Å². The van der Waals surface area contributed by atoms with Gasteiger partial charge in [0.1, 0.15) is 0 Å². The highest BCUT2D eigenvalue weighted by Crippen LogP contribution is 2.20. The van der Waals surface area contributed by atoms with E-state index in [0.717, 1.165) is 11.1 Å². The molecule has 0 bridgehead atoms. The molecule has 0 radical (unpaired) electrons. The van der Waals surface area contributed by atoms with E-state index in [-0.39, 0.29) is 11.1 Å². The predicted molar refractivity (Wildman–Crippen MR) is 95.0 cm³/mol. The Morgan fingerprint density at radius 1 is 0.810 bits per heavy atom. The molecule has 21 heavy (non-hydrogen) atoms. The third kappa shape index (κ3) is 3.94. The van der Waals surface area contributed by atoms with E-state index in [2.05, 4.69) is 0 Å². The summed E-state index contributed by atoms with van der Waals surface area (Å²) in [6.45, 7) is 0. The van der Waals surface area contributed by atoms with Gasteiger partial charge < -0.3 is 10.2 Å². The van der Waals surface area contributed by atoms with E-state index in [9.17, 15) is 9.59 Å². The molecule has 0 aromatic heterocycles. The Bertz CT molecular complexity index is 664. The second-order valence-electron chi connectivity index (χ2n) is 4.42. The molecule has 2 aromatic rings. The van der Waals surface area contributed by atoms with Crippen molar-refractivity contribution >= 4 is 57.1 Å². The lowest BCUT2D eigenvalue weighted by Crippen LogP contribution is -2.03.